The fourth-order valence-electron chi connectivity index (χ4n) is 2.38. The van der Waals surface area contributed by atoms with Gasteiger partial charge in [-0.25, -0.2) is 4.79 Å². The molecule has 1 aromatic rings. The van der Waals surface area contributed by atoms with Crippen LogP contribution in [0.2, 0.25) is 0 Å². The topological polar surface area (TPSA) is 116 Å². The van der Waals surface area contributed by atoms with Crippen molar-refractivity contribution in [2.45, 2.75) is 19.8 Å². The first-order chi connectivity index (χ1) is 11.4. The molecule has 8 heteroatoms. The molecule has 1 aliphatic rings. The van der Waals surface area contributed by atoms with E-state index in [1.54, 1.807) is 11.8 Å². The van der Waals surface area contributed by atoms with Crippen LogP contribution < -0.4 is 10.6 Å². The van der Waals surface area contributed by atoms with Gasteiger partial charge in [-0.3, -0.25) is 14.4 Å². The number of carbonyl (C=O) groups excluding carboxylic acids is 3. The second-order valence-electron chi connectivity index (χ2n) is 5.56. The Morgan fingerprint density at radius 3 is 2.42 bits per heavy atom. The number of aromatic carboxylic acids is 1. The molecule has 1 fully saturated rings. The van der Waals surface area contributed by atoms with Gasteiger partial charge in [-0.15, -0.1) is 0 Å². The molecule has 24 heavy (non-hydrogen) atoms. The average molecular weight is 333 g/mol. The molecule has 1 aromatic carbocycles. The molecule has 1 heterocycles. The largest absolute Gasteiger partial charge is 0.478 e. The van der Waals surface area contributed by atoms with Crippen molar-refractivity contribution in [3.05, 3.63) is 29.3 Å². The molecule has 0 bridgehead atoms. The second kappa shape index (κ2) is 7.58. The van der Waals surface area contributed by atoms with E-state index in [1.165, 1.54) is 18.2 Å². The van der Waals surface area contributed by atoms with Crippen LogP contribution in [-0.4, -0.2) is 53.3 Å². The normalized spacial score (nSPS) is 13.5. The summed E-state index contributed by atoms with van der Waals surface area (Å²) in [5.41, 5.74) is 0.857. The molecule has 0 radical (unpaired) electrons. The molecule has 3 N–H and O–H groups in total. The van der Waals surface area contributed by atoms with Crippen molar-refractivity contribution in [3.8, 4) is 0 Å². The minimum Gasteiger partial charge on any atom is -0.478 e. The fourth-order valence-corrected chi connectivity index (χ4v) is 2.38. The highest BCUT2D eigenvalue weighted by molar-refractivity contribution is 6.40. The standard InChI is InChI=1S/C16H19N3O5/c1-10-4-5-11(16(23)24)8-12(10)18-15(22)14(21)17-9-13(20)19-6-2-3-7-19/h4-5,8H,2-3,6-7,9H2,1H3,(H,17,21)(H,18,22)(H,23,24). The van der Waals surface area contributed by atoms with E-state index >= 15 is 0 Å². The second-order valence-corrected chi connectivity index (χ2v) is 5.56. The van der Waals surface area contributed by atoms with Crippen molar-refractivity contribution in [3.63, 3.8) is 0 Å². The van der Waals surface area contributed by atoms with E-state index in [2.05, 4.69) is 10.6 Å². The zero-order valence-electron chi connectivity index (χ0n) is 13.3. The predicted molar refractivity (Wildman–Crippen MR) is 85.6 cm³/mol. The molecule has 1 saturated heterocycles. The molecule has 128 valence electrons. The lowest BCUT2D eigenvalue weighted by molar-refractivity contribution is -0.138. The quantitative estimate of drug-likeness (QED) is 0.689. The molecule has 1 aliphatic heterocycles. The number of rotatable bonds is 4. The van der Waals surface area contributed by atoms with Gasteiger partial charge in [0.05, 0.1) is 12.1 Å². The third-order valence-corrected chi connectivity index (χ3v) is 3.80. The van der Waals surface area contributed by atoms with Gasteiger partial charge >= 0.3 is 17.8 Å². The van der Waals surface area contributed by atoms with Gasteiger partial charge < -0.3 is 20.6 Å². The highest BCUT2D eigenvalue weighted by Crippen LogP contribution is 2.17. The fraction of sp³-hybridized carbons (Fsp3) is 0.375. The van der Waals surface area contributed by atoms with Crippen LogP contribution in [0.3, 0.4) is 0 Å². The lowest BCUT2D eigenvalue weighted by atomic mass is 10.1. The molecule has 0 unspecified atom stereocenters. The maximum Gasteiger partial charge on any atom is 0.335 e. The van der Waals surface area contributed by atoms with E-state index in [4.69, 9.17) is 5.11 Å². The maximum atomic E-state index is 11.9. The van der Waals surface area contributed by atoms with Crippen molar-refractivity contribution in [2.24, 2.45) is 0 Å². The third kappa shape index (κ3) is 4.31. The first-order valence-electron chi connectivity index (χ1n) is 7.59. The van der Waals surface area contributed by atoms with E-state index < -0.39 is 17.8 Å². The Morgan fingerprint density at radius 1 is 1.12 bits per heavy atom. The highest BCUT2D eigenvalue weighted by atomic mass is 16.4. The van der Waals surface area contributed by atoms with Crippen LogP contribution >= 0.6 is 0 Å². The van der Waals surface area contributed by atoms with Crippen molar-refractivity contribution in [2.75, 3.05) is 25.0 Å². The smallest absolute Gasteiger partial charge is 0.335 e. The number of amides is 3. The average Bonchev–Trinajstić information content (AvgIpc) is 3.08. The Bertz CT molecular complexity index is 680. The van der Waals surface area contributed by atoms with Crippen molar-refractivity contribution >= 4 is 29.4 Å². The van der Waals surface area contributed by atoms with Gasteiger partial charge in [0.15, 0.2) is 0 Å². The van der Waals surface area contributed by atoms with Gasteiger partial charge in [-0.1, -0.05) is 6.07 Å². The number of carboxylic acid groups (broad SMARTS) is 1. The number of anilines is 1. The summed E-state index contributed by atoms with van der Waals surface area (Å²) in [6, 6.07) is 4.22. The van der Waals surface area contributed by atoms with Gasteiger partial charge in [-0.2, -0.15) is 0 Å². The van der Waals surface area contributed by atoms with Crippen molar-refractivity contribution in [1.82, 2.24) is 10.2 Å². The van der Waals surface area contributed by atoms with Crippen molar-refractivity contribution < 1.29 is 24.3 Å². The number of carboxylic acids is 1. The summed E-state index contributed by atoms with van der Waals surface area (Å²) in [6.07, 6.45) is 1.89. The minimum absolute atomic E-state index is 0.000481. The molecule has 0 spiro atoms. The van der Waals surface area contributed by atoms with E-state index in [1.807, 2.05) is 0 Å². The summed E-state index contributed by atoms with van der Waals surface area (Å²) >= 11 is 0. The molecule has 8 nitrogen and oxygen atoms in total. The Balaban J connectivity index is 1.91. The first kappa shape index (κ1) is 17.5. The summed E-state index contributed by atoms with van der Waals surface area (Å²) < 4.78 is 0. The van der Waals surface area contributed by atoms with Gasteiger partial charge in [-0.05, 0) is 37.5 Å². The summed E-state index contributed by atoms with van der Waals surface area (Å²) in [6.45, 7) is 2.78. The number of hydrogen-bond donors (Lipinski definition) is 3. The summed E-state index contributed by atoms with van der Waals surface area (Å²) in [7, 11) is 0. The van der Waals surface area contributed by atoms with E-state index in [-0.39, 0.29) is 23.7 Å². The van der Waals surface area contributed by atoms with Crippen LogP contribution in [0.1, 0.15) is 28.8 Å². The minimum atomic E-state index is -1.13. The molecule has 0 atom stereocenters. The third-order valence-electron chi connectivity index (χ3n) is 3.80. The van der Waals surface area contributed by atoms with Crippen molar-refractivity contribution in [1.29, 1.82) is 0 Å². The SMILES string of the molecule is Cc1ccc(C(=O)O)cc1NC(=O)C(=O)NCC(=O)N1CCCC1. The number of hydrogen-bond acceptors (Lipinski definition) is 4. The molecular weight excluding hydrogens is 314 g/mol. The lowest BCUT2D eigenvalue weighted by Gasteiger charge is -2.15. The maximum absolute atomic E-state index is 11.9. The van der Waals surface area contributed by atoms with Gasteiger partial charge in [0.25, 0.3) is 0 Å². The lowest BCUT2D eigenvalue weighted by Crippen LogP contribution is -2.42. The number of carbonyl (C=O) groups is 4. The van der Waals surface area contributed by atoms with Gasteiger partial charge in [0.2, 0.25) is 5.91 Å². The predicted octanol–water partition coefficient (Wildman–Crippen LogP) is 0.370. The Morgan fingerprint density at radius 2 is 1.79 bits per heavy atom. The monoisotopic (exact) mass is 333 g/mol. The number of likely N-dealkylation sites (tertiary alicyclic amines) is 1. The molecule has 2 rings (SSSR count). The first-order valence-corrected chi connectivity index (χ1v) is 7.59. The number of nitrogens with one attached hydrogen (secondary N) is 2. The molecule has 0 aromatic heterocycles. The number of nitrogens with zero attached hydrogens (tertiary/aromatic N) is 1. The van der Waals surface area contributed by atoms with Gasteiger partial charge in [0, 0.05) is 18.8 Å². The van der Waals surface area contributed by atoms with E-state index in [0.717, 1.165) is 12.8 Å². The summed E-state index contributed by atoms with van der Waals surface area (Å²) in [5.74, 6) is -3.25. The summed E-state index contributed by atoms with van der Waals surface area (Å²) in [5, 5.41) is 13.6. The highest BCUT2D eigenvalue weighted by Gasteiger charge is 2.21. The molecule has 0 aliphatic carbocycles. The van der Waals surface area contributed by atoms with Crippen LogP contribution in [-0.2, 0) is 14.4 Å². The Hall–Kier alpha value is -2.90. The number of aryl methyl sites for hydroxylation is 1. The molecular formula is C16H19N3O5. The summed E-state index contributed by atoms with van der Waals surface area (Å²) in [4.78, 5) is 48.1. The van der Waals surface area contributed by atoms with E-state index in [0.29, 0.717) is 18.7 Å². The zero-order chi connectivity index (χ0) is 17.7. The van der Waals surface area contributed by atoms with Crippen LogP contribution in [0.15, 0.2) is 18.2 Å². The van der Waals surface area contributed by atoms with Crippen LogP contribution in [0, 0.1) is 6.92 Å². The Kier molecular flexibility index (Phi) is 5.51. The molecule has 3 amide bonds. The number of benzene rings is 1. The van der Waals surface area contributed by atoms with E-state index in [9.17, 15) is 19.2 Å². The Labute approximate surface area is 138 Å². The van der Waals surface area contributed by atoms with Crippen LogP contribution in [0.4, 0.5) is 5.69 Å². The van der Waals surface area contributed by atoms with Crippen LogP contribution in [0.25, 0.3) is 0 Å². The van der Waals surface area contributed by atoms with Gasteiger partial charge in [0.1, 0.15) is 0 Å². The molecule has 0 saturated carbocycles. The van der Waals surface area contributed by atoms with Crippen LogP contribution in [0.5, 0.6) is 0 Å². The zero-order valence-corrected chi connectivity index (χ0v) is 13.3.